The Morgan fingerprint density at radius 2 is 1.47 bits per heavy atom. The van der Waals surface area contributed by atoms with Crippen molar-refractivity contribution < 1.29 is 36.6 Å². The summed E-state index contributed by atoms with van der Waals surface area (Å²) >= 11 is 0. The third-order valence-corrected chi connectivity index (χ3v) is 5.33. The molecule has 0 saturated heterocycles. The molecule has 2 heterocycles. The summed E-state index contributed by atoms with van der Waals surface area (Å²) in [6.45, 7) is -6.04. The SMILES string of the molecule is COc1cccc(-n2c(=O)c(NC(=O)c3ccc(OC(F)F)cc3)c(-c3ccc(OC(F)F)cc3)n2C)n1. The minimum atomic E-state index is -3.03. The molecule has 0 spiro atoms. The number of amides is 1. The van der Waals surface area contributed by atoms with Crippen molar-refractivity contribution in [2.24, 2.45) is 7.05 Å². The normalized spacial score (nSPS) is 11.1. The van der Waals surface area contributed by atoms with E-state index in [1.165, 1.54) is 65.0 Å². The number of nitrogens with one attached hydrogen (secondary N) is 1. The van der Waals surface area contributed by atoms with E-state index in [0.717, 1.165) is 0 Å². The Hall–Kier alpha value is -4.81. The van der Waals surface area contributed by atoms with Crippen molar-refractivity contribution in [1.82, 2.24) is 14.3 Å². The minimum Gasteiger partial charge on any atom is -0.481 e. The fourth-order valence-corrected chi connectivity index (χ4v) is 3.71. The third kappa shape index (κ3) is 5.61. The number of benzene rings is 2. The van der Waals surface area contributed by atoms with Crippen LogP contribution < -0.4 is 25.1 Å². The number of aromatic nitrogens is 3. The zero-order chi connectivity index (χ0) is 27.4. The third-order valence-electron chi connectivity index (χ3n) is 5.33. The molecule has 1 amide bonds. The summed E-state index contributed by atoms with van der Waals surface area (Å²) in [6.07, 6.45) is 0. The highest BCUT2D eigenvalue weighted by Gasteiger charge is 2.24. The van der Waals surface area contributed by atoms with Crippen LogP contribution in [0, 0.1) is 0 Å². The molecular formula is C25H20F4N4O5. The fraction of sp³-hybridized carbons (Fsp3) is 0.160. The first-order valence-electron chi connectivity index (χ1n) is 10.9. The highest BCUT2D eigenvalue weighted by atomic mass is 19.3. The first-order chi connectivity index (χ1) is 18.2. The molecule has 38 heavy (non-hydrogen) atoms. The van der Waals surface area contributed by atoms with Crippen LogP contribution in [-0.4, -0.2) is 40.6 Å². The lowest BCUT2D eigenvalue weighted by Crippen LogP contribution is -2.23. The zero-order valence-electron chi connectivity index (χ0n) is 19.9. The summed E-state index contributed by atoms with van der Waals surface area (Å²) < 4.78 is 66.5. The molecule has 198 valence electrons. The van der Waals surface area contributed by atoms with Crippen molar-refractivity contribution in [2.75, 3.05) is 12.4 Å². The average Bonchev–Trinajstić information content (AvgIpc) is 3.13. The summed E-state index contributed by atoms with van der Waals surface area (Å²) in [6, 6.07) is 15.1. The van der Waals surface area contributed by atoms with Gasteiger partial charge < -0.3 is 19.5 Å². The summed E-state index contributed by atoms with van der Waals surface area (Å²) in [5, 5.41) is 2.57. The standard InChI is InChI=1S/C25H20F4N4O5/c1-32-21(14-6-10-16(11-7-14)37-24(26)27)20(23(35)33(32)18-4-3-5-19(30-18)36-2)31-22(34)15-8-12-17(13-9-15)38-25(28)29/h3-13,24-25H,1-2H3,(H,31,34). The average molecular weight is 532 g/mol. The number of ether oxygens (including phenoxy) is 3. The number of hydrogen-bond donors (Lipinski definition) is 1. The van der Waals surface area contributed by atoms with E-state index in [0.29, 0.717) is 5.56 Å². The lowest BCUT2D eigenvalue weighted by molar-refractivity contribution is -0.0505. The van der Waals surface area contributed by atoms with Crippen molar-refractivity contribution in [1.29, 1.82) is 0 Å². The van der Waals surface area contributed by atoms with Gasteiger partial charge in [-0.05, 0) is 54.6 Å². The van der Waals surface area contributed by atoms with Gasteiger partial charge in [-0.25, -0.2) is 0 Å². The molecule has 0 aliphatic carbocycles. The van der Waals surface area contributed by atoms with Gasteiger partial charge >= 0.3 is 13.2 Å². The molecule has 0 unspecified atom stereocenters. The second-order valence-corrected chi connectivity index (χ2v) is 7.66. The van der Waals surface area contributed by atoms with E-state index in [1.54, 1.807) is 25.2 Å². The highest BCUT2D eigenvalue weighted by molar-refractivity contribution is 6.06. The van der Waals surface area contributed by atoms with Gasteiger partial charge in [-0.1, -0.05) is 6.07 Å². The van der Waals surface area contributed by atoms with Crippen LogP contribution in [0.4, 0.5) is 23.2 Å². The van der Waals surface area contributed by atoms with Crippen molar-refractivity contribution in [3.8, 4) is 34.5 Å². The molecule has 0 aliphatic rings. The summed E-state index contributed by atoms with van der Waals surface area (Å²) in [5.74, 6) is -0.526. The molecule has 0 aliphatic heterocycles. The molecule has 9 nitrogen and oxygen atoms in total. The van der Waals surface area contributed by atoms with Crippen LogP contribution in [0.25, 0.3) is 17.1 Å². The van der Waals surface area contributed by atoms with Crippen LogP contribution in [0.15, 0.2) is 71.5 Å². The maximum Gasteiger partial charge on any atom is 0.387 e. The maximum absolute atomic E-state index is 13.6. The largest absolute Gasteiger partial charge is 0.481 e. The molecule has 1 N–H and O–H groups in total. The van der Waals surface area contributed by atoms with Gasteiger partial charge in [0.15, 0.2) is 5.82 Å². The smallest absolute Gasteiger partial charge is 0.387 e. The molecule has 2 aromatic heterocycles. The summed E-state index contributed by atoms with van der Waals surface area (Å²) in [7, 11) is 2.96. The predicted octanol–water partition coefficient (Wildman–Crippen LogP) is 4.70. The molecule has 0 radical (unpaired) electrons. The predicted molar refractivity (Wildman–Crippen MR) is 128 cm³/mol. The van der Waals surface area contributed by atoms with E-state index < -0.39 is 24.7 Å². The van der Waals surface area contributed by atoms with Gasteiger partial charge in [0.05, 0.1) is 12.8 Å². The lowest BCUT2D eigenvalue weighted by atomic mass is 10.1. The Kier molecular flexibility index (Phi) is 7.65. The number of hydrogen-bond acceptors (Lipinski definition) is 6. The first-order valence-corrected chi connectivity index (χ1v) is 10.9. The van der Waals surface area contributed by atoms with E-state index in [9.17, 15) is 27.2 Å². The van der Waals surface area contributed by atoms with Gasteiger partial charge in [-0.2, -0.15) is 27.2 Å². The van der Waals surface area contributed by atoms with Gasteiger partial charge in [0.2, 0.25) is 5.88 Å². The molecule has 0 saturated carbocycles. The van der Waals surface area contributed by atoms with Crippen molar-refractivity contribution in [3.05, 3.63) is 82.6 Å². The van der Waals surface area contributed by atoms with Gasteiger partial charge in [-0.3, -0.25) is 14.3 Å². The van der Waals surface area contributed by atoms with E-state index in [-0.39, 0.29) is 40.1 Å². The van der Waals surface area contributed by atoms with E-state index in [1.807, 2.05) is 0 Å². The second kappa shape index (κ2) is 11.1. The Morgan fingerprint density at radius 3 is 2.03 bits per heavy atom. The van der Waals surface area contributed by atoms with E-state index in [2.05, 4.69) is 19.8 Å². The Morgan fingerprint density at radius 1 is 0.895 bits per heavy atom. The second-order valence-electron chi connectivity index (χ2n) is 7.66. The molecule has 13 heteroatoms. The number of methoxy groups -OCH3 is 1. The lowest BCUT2D eigenvalue weighted by Gasteiger charge is -2.12. The van der Waals surface area contributed by atoms with Crippen LogP contribution in [0.1, 0.15) is 10.4 Å². The molecule has 0 bridgehead atoms. The van der Waals surface area contributed by atoms with Crippen molar-refractivity contribution >= 4 is 11.6 Å². The van der Waals surface area contributed by atoms with Crippen LogP contribution in [0.5, 0.6) is 17.4 Å². The van der Waals surface area contributed by atoms with Crippen LogP contribution >= 0.6 is 0 Å². The molecule has 0 fully saturated rings. The number of alkyl halides is 4. The first kappa shape index (κ1) is 26.3. The maximum atomic E-state index is 13.6. The number of carbonyl (C=O) groups is 1. The number of carbonyl (C=O) groups excluding carboxylic acids is 1. The number of anilines is 1. The Labute approximate surface area is 212 Å². The fourth-order valence-electron chi connectivity index (χ4n) is 3.71. The van der Waals surface area contributed by atoms with E-state index >= 15 is 0 Å². The molecule has 0 atom stereocenters. The van der Waals surface area contributed by atoms with Gasteiger partial charge in [0.25, 0.3) is 11.5 Å². The Bertz CT molecular complexity index is 1490. The minimum absolute atomic E-state index is 0.0626. The highest BCUT2D eigenvalue weighted by Crippen LogP contribution is 2.29. The topological polar surface area (TPSA) is 96.6 Å². The van der Waals surface area contributed by atoms with Crippen LogP contribution in [-0.2, 0) is 7.05 Å². The monoisotopic (exact) mass is 532 g/mol. The zero-order valence-corrected chi connectivity index (χ0v) is 19.9. The quantitative estimate of drug-likeness (QED) is 0.314. The summed E-state index contributed by atoms with van der Waals surface area (Å²) in [4.78, 5) is 30.9. The van der Waals surface area contributed by atoms with E-state index in [4.69, 9.17) is 4.74 Å². The molecule has 4 aromatic rings. The van der Waals surface area contributed by atoms with Gasteiger partial charge in [0, 0.05) is 24.2 Å². The summed E-state index contributed by atoms with van der Waals surface area (Å²) in [5.41, 5.74) is -0.106. The van der Waals surface area contributed by atoms with Gasteiger partial charge in [0.1, 0.15) is 17.2 Å². The van der Waals surface area contributed by atoms with Crippen molar-refractivity contribution in [3.63, 3.8) is 0 Å². The number of rotatable bonds is 9. The molecule has 2 aromatic carbocycles. The van der Waals surface area contributed by atoms with Crippen molar-refractivity contribution in [2.45, 2.75) is 13.2 Å². The van der Waals surface area contributed by atoms with Crippen LogP contribution in [0.2, 0.25) is 0 Å². The number of halogens is 4. The van der Waals surface area contributed by atoms with Gasteiger partial charge in [-0.15, -0.1) is 0 Å². The molecule has 4 rings (SSSR count). The number of nitrogens with zero attached hydrogens (tertiary/aromatic N) is 3. The molecular weight excluding hydrogens is 512 g/mol. The number of pyridine rings is 1. The van der Waals surface area contributed by atoms with Crippen LogP contribution in [0.3, 0.4) is 0 Å². The Balaban J connectivity index is 1.78.